The van der Waals surface area contributed by atoms with E-state index in [1.54, 1.807) is 0 Å². The van der Waals surface area contributed by atoms with Gasteiger partial charge in [0.2, 0.25) is 0 Å². The molecule has 1 nitrogen and oxygen atoms in total. The molecule has 0 unspecified atom stereocenters. The van der Waals surface area contributed by atoms with Crippen molar-refractivity contribution in [1.82, 2.24) is 0 Å². The van der Waals surface area contributed by atoms with Gasteiger partial charge in [0.25, 0.3) is 0 Å². The van der Waals surface area contributed by atoms with Gasteiger partial charge in [-0.2, -0.15) is 0 Å². The van der Waals surface area contributed by atoms with Crippen LogP contribution in [-0.4, -0.2) is 4.21 Å². The summed E-state index contributed by atoms with van der Waals surface area (Å²) in [6.07, 6.45) is 0. The molecule has 32 heavy (non-hydrogen) atoms. The van der Waals surface area contributed by atoms with Crippen molar-refractivity contribution in [2.45, 2.75) is 128 Å². The van der Waals surface area contributed by atoms with Gasteiger partial charge in [0, 0.05) is 0 Å². The first-order valence-corrected chi connectivity index (χ1v) is 13.7. The highest BCUT2D eigenvalue weighted by Gasteiger charge is 2.28. The molecule has 0 saturated carbocycles. The van der Waals surface area contributed by atoms with Gasteiger partial charge in [0.15, 0.2) is 0 Å². The third-order valence-corrected chi connectivity index (χ3v) is 8.21. The van der Waals surface area contributed by atoms with Crippen molar-refractivity contribution in [3.8, 4) is 0 Å². The molecule has 0 spiro atoms. The molecule has 0 atom stereocenters. The normalized spacial score (nSPS) is 12.6. The van der Waals surface area contributed by atoms with Crippen molar-refractivity contribution < 1.29 is 4.21 Å². The fourth-order valence-electron chi connectivity index (χ4n) is 4.31. The zero-order chi connectivity index (χ0) is 24.5. The monoisotopic (exact) mass is 454 g/mol. The molecule has 0 N–H and O–H groups in total. The molecule has 2 rings (SSSR count). The van der Waals surface area contributed by atoms with Crippen molar-refractivity contribution in [3.63, 3.8) is 0 Å². The number of benzene rings is 2. The Morgan fingerprint density at radius 2 is 0.656 bits per heavy atom. The molecule has 0 aliphatic rings. The lowest BCUT2D eigenvalue weighted by Gasteiger charge is -2.26. The van der Waals surface area contributed by atoms with Crippen LogP contribution in [0.15, 0.2) is 34.1 Å². The summed E-state index contributed by atoms with van der Waals surface area (Å²) in [6, 6.07) is 9.28. The van der Waals surface area contributed by atoms with Crippen LogP contribution in [0.1, 0.15) is 152 Å². The SMILES string of the molecule is CC(C)c1cc(C(C)C)c(S(=O)c2c(C(C)C)cc(C(C)C)cc2C(C)C)c(C(C)C)c1. The van der Waals surface area contributed by atoms with Gasteiger partial charge in [0.1, 0.15) is 0 Å². The summed E-state index contributed by atoms with van der Waals surface area (Å²) in [4.78, 5) is 2.11. The van der Waals surface area contributed by atoms with E-state index in [0.29, 0.717) is 35.5 Å². The Labute approximate surface area is 200 Å². The second kappa shape index (κ2) is 10.7. The summed E-state index contributed by atoms with van der Waals surface area (Å²) in [5, 5.41) is 0. The van der Waals surface area contributed by atoms with Crippen LogP contribution in [0.3, 0.4) is 0 Å². The van der Waals surface area contributed by atoms with Crippen LogP contribution in [0.25, 0.3) is 0 Å². The minimum atomic E-state index is -1.22. The predicted molar refractivity (Wildman–Crippen MR) is 142 cm³/mol. The van der Waals surface area contributed by atoms with Gasteiger partial charge in [0.05, 0.1) is 20.6 Å². The lowest BCUT2D eigenvalue weighted by Crippen LogP contribution is -2.13. The first-order valence-electron chi connectivity index (χ1n) is 12.5. The molecule has 2 aromatic carbocycles. The van der Waals surface area contributed by atoms with Crippen molar-refractivity contribution in [1.29, 1.82) is 0 Å². The van der Waals surface area contributed by atoms with Gasteiger partial charge < -0.3 is 0 Å². The third-order valence-electron chi connectivity index (χ3n) is 6.53. The highest BCUT2D eigenvalue weighted by atomic mass is 32.2. The van der Waals surface area contributed by atoms with Gasteiger partial charge in [-0.3, -0.25) is 0 Å². The molecule has 0 aromatic heterocycles. The van der Waals surface area contributed by atoms with E-state index in [1.807, 2.05) is 0 Å². The Morgan fingerprint density at radius 3 is 0.812 bits per heavy atom. The maximum absolute atomic E-state index is 14.6. The van der Waals surface area contributed by atoms with Crippen LogP contribution in [0.4, 0.5) is 0 Å². The quantitative estimate of drug-likeness (QED) is 0.388. The molecule has 0 amide bonds. The van der Waals surface area contributed by atoms with E-state index in [0.717, 1.165) is 9.79 Å². The number of rotatable bonds is 8. The maximum atomic E-state index is 14.6. The molecule has 0 heterocycles. The lowest BCUT2D eigenvalue weighted by molar-refractivity contribution is 0.669. The summed E-state index contributed by atoms with van der Waals surface area (Å²) < 4.78 is 14.6. The Bertz CT molecular complexity index is 825. The van der Waals surface area contributed by atoms with Crippen molar-refractivity contribution in [2.75, 3.05) is 0 Å². The Hall–Kier alpha value is -1.41. The Kier molecular flexibility index (Phi) is 8.96. The first kappa shape index (κ1) is 26.8. The summed E-state index contributed by atoms with van der Waals surface area (Å²) in [7, 11) is -1.22. The molecule has 0 saturated heterocycles. The molecular weight excluding hydrogens is 408 g/mol. The molecule has 0 aliphatic heterocycles. The standard InChI is InChI=1S/C30H46OS/c1-17(2)23-13-25(19(5)6)29(26(14-23)20(7)8)32(31)30-27(21(9)10)15-24(18(3)4)16-28(30)22(11)12/h13-22H,1-12H3. The fraction of sp³-hybridized carbons (Fsp3) is 0.600. The van der Waals surface area contributed by atoms with Crippen LogP contribution < -0.4 is 0 Å². The first-order chi connectivity index (χ1) is 14.8. The number of hydrogen-bond acceptors (Lipinski definition) is 1. The molecule has 0 fully saturated rings. The van der Waals surface area contributed by atoms with E-state index in [2.05, 4.69) is 107 Å². The average Bonchev–Trinajstić information content (AvgIpc) is 2.70. The van der Waals surface area contributed by atoms with Crippen molar-refractivity contribution >= 4 is 10.8 Å². The molecule has 0 bridgehead atoms. The molecule has 178 valence electrons. The largest absolute Gasteiger partial charge is 0.249 e. The molecular formula is C30H46OS. The summed E-state index contributed by atoms with van der Waals surface area (Å²) in [5.41, 5.74) is 7.68. The van der Waals surface area contributed by atoms with Crippen LogP contribution in [0.5, 0.6) is 0 Å². The predicted octanol–water partition coefficient (Wildman–Crippen LogP) is 9.59. The van der Waals surface area contributed by atoms with Crippen LogP contribution >= 0.6 is 0 Å². The molecule has 2 heteroatoms. The minimum Gasteiger partial charge on any atom is -0.249 e. The molecule has 0 aliphatic carbocycles. The number of hydrogen-bond donors (Lipinski definition) is 0. The van der Waals surface area contributed by atoms with E-state index in [-0.39, 0.29) is 0 Å². The van der Waals surface area contributed by atoms with Gasteiger partial charge >= 0.3 is 0 Å². The smallest absolute Gasteiger partial charge is 0.0861 e. The molecule has 2 aromatic rings. The van der Waals surface area contributed by atoms with Crippen molar-refractivity contribution in [2.24, 2.45) is 0 Å². The van der Waals surface area contributed by atoms with E-state index in [4.69, 9.17) is 0 Å². The highest BCUT2D eigenvalue weighted by Crippen LogP contribution is 2.41. The average molecular weight is 455 g/mol. The van der Waals surface area contributed by atoms with Crippen molar-refractivity contribution in [3.05, 3.63) is 57.6 Å². The van der Waals surface area contributed by atoms with E-state index < -0.39 is 10.8 Å². The topological polar surface area (TPSA) is 17.1 Å². The van der Waals surface area contributed by atoms with Gasteiger partial charge in [-0.05, 0) is 68.9 Å². The van der Waals surface area contributed by atoms with Gasteiger partial charge in [-0.25, -0.2) is 4.21 Å². The third kappa shape index (κ3) is 5.56. The minimum absolute atomic E-state index is 0.324. The zero-order valence-electron chi connectivity index (χ0n) is 22.6. The lowest BCUT2D eigenvalue weighted by atomic mass is 9.89. The summed E-state index contributed by atoms with van der Waals surface area (Å²) in [5.74, 6) is 2.20. The van der Waals surface area contributed by atoms with Crippen LogP contribution in [-0.2, 0) is 10.8 Å². The Morgan fingerprint density at radius 1 is 0.438 bits per heavy atom. The Balaban J connectivity index is 2.96. The summed E-state index contributed by atoms with van der Waals surface area (Å²) in [6.45, 7) is 26.9. The zero-order valence-corrected chi connectivity index (χ0v) is 23.4. The second-order valence-corrected chi connectivity index (χ2v) is 12.6. The highest BCUT2D eigenvalue weighted by molar-refractivity contribution is 7.85. The van der Waals surface area contributed by atoms with Gasteiger partial charge in [-0.15, -0.1) is 0 Å². The maximum Gasteiger partial charge on any atom is 0.0861 e. The molecule has 0 radical (unpaired) electrons. The second-order valence-electron chi connectivity index (χ2n) is 11.3. The summed E-state index contributed by atoms with van der Waals surface area (Å²) >= 11 is 0. The van der Waals surface area contributed by atoms with Crippen LogP contribution in [0, 0.1) is 0 Å². The van der Waals surface area contributed by atoms with E-state index >= 15 is 0 Å². The van der Waals surface area contributed by atoms with Gasteiger partial charge in [-0.1, -0.05) is 107 Å². The van der Waals surface area contributed by atoms with E-state index in [1.165, 1.54) is 33.4 Å². The van der Waals surface area contributed by atoms with E-state index in [9.17, 15) is 4.21 Å². The van der Waals surface area contributed by atoms with Crippen LogP contribution in [0.2, 0.25) is 0 Å². The fourth-order valence-corrected chi connectivity index (χ4v) is 6.55.